The Morgan fingerprint density at radius 3 is 2.52 bits per heavy atom. The van der Waals surface area contributed by atoms with Crippen LogP contribution < -0.4 is 5.32 Å². The molecule has 3 rings (SSSR count). The highest BCUT2D eigenvalue weighted by Crippen LogP contribution is 2.28. The first-order chi connectivity index (χ1) is 12.0. The molecule has 25 heavy (non-hydrogen) atoms. The molecular formula is C20H23N3OS. The number of likely N-dealkylation sites (N-methyl/N-ethyl adjacent to an activating group) is 1. The van der Waals surface area contributed by atoms with Crippen molar-refractivity contribution in [2.45, 2.75) is 26.8 Å². The number of amides is 1. The van der Waals surface area contributed by atoms with Gasteiger partial charge in [0.1, 0.15) is 5.01 Å². The van der Waals surface area contributed by atoms with Crippen LogP contribution in [0.25, 0.3) is 10.2 Å². The largest absolute Gasteiger partial charge is 0.324 e. The number of aryl methyl sites for hydroxylation is 2. The standard InChI is InChI=1S/C20H23N3OS/c1-13-8-7-9-14(2)19(13)22-18(24)12-23(4)15(3)20-21-16-10-5-6-11-17(16)25-20/h5-11,15H,12H2,1-4H3,(H,22,24). The van der Waals surface area contributed by atoms with Crippen molar-refractivity contribution >= 4 is 33.1 Å². The summed E-state index contributed by atoms with van der Waals surface area (Å²) >= 11 is 1.69. The van der Waals surface area contributed by atoms with E-state index >= 15 is 0 Å². The zero-order chi connectivity index (χ0) is 18.0. The van der Waals surface area contributed by atoms with E-state index in [1.54, 1.807) is 11.3 Å². The monoisotopic (exact) mass is 353 g/mol. The molecule has 0 aliphatic heterocycles. The fourth-order valence-electron chi connectivity index (χ4n) is 2.81. The summed E-state index contributed by atoms with van der Waals surface area (Å²) in [6, 6.07) is 14.2. The number of anilines is 1. The molecule has 0 aliphatic carbocycles. The molecule has 1 atom stereocenters. The first-order valence-electron chi connectivity index (χ1n) is 8.37. The second-order valence-corrected chi connectivity index (χ2v) is 7.49. The second-order valence-electron chi connectivity index (χ2n) is 6.43. The number of hydrogen-bond acceptors (Lipinski definition) is 4. The lowest BCUT2D eigenvalue weighted by Gasteiger charge is -2.22. The number of nitrogens with zero attached hydrogens (tertiary/aromatic N) is 2. The van der Waals surface area contributed by atoms with Gasteiger partial charge in [-0.3, -0.25) is 9.69 Å². The number of aromatic nitrogens is 1. The number of fused-ring (bicyclic) bond motifs is 1. The number of thiazole rings is 1. The summed E-state index contributed by atoms with van der Waals surface area (Å²) in [5.41, 5.74) is 4.08. The third kappa shape index (κ3) is 3.89. The maximum atomic E-state index is 12.5. The minimum atomic E-state index is -0.00661. The quantitative estimate of drug-likeness (QED) is 0.732. The van der Waals surface area contributed by atoms with Crippen LogP contribution in [-0.2, 0) is 4.79 Å². The summed E-state index contributed by atoms with van der Waals surface area (Å²) < 4.78 is 1.18. The summed E-state index contributed by atoms with van der Waals surface area (Å²) in [6.07, 6.45) is 0. The van der Waals surface area contributed by atoms with Crippen LogP contribution in [0.1, 0.15) is 29.1 Å². The van der Waals surface area contributed by atoms with E-state index in [1.807, 2.05) is 62.2 Å². The molecule has 5 heteroatoms. The van der Waals surface area contributed by atoms with Crippen molar-refractivity contribution in [1.82, 2.24) is 9.88 Å². The smallest absolute Gasteiger partial charge is 0.238 e. The van der Waals surface area contributed by atoms with E-state index in [4.69, 9.17) is 4.98 Å². The van der Waals surface area contributed by atoms with Gasteiger partial charge >= 0.3 is 0 Å². The van der Waals surface area contributed by atoms with Crippen LogP contribution in [0.4, 0.5) is 5.69 Å². The van der Waals surface area contributed by atoms with Crippen molar-refractivity contribution in [2.75, 3.05) is 18.9 Å². The normalized spacial score (nSPS) is 12.5. The van der Waals surface area contributed by atoms with Gasteiger partial charge in [0, 0.05) is 5.69 Å². The molecule has 1 unspecified atom stereocenters. The van der Waals surface area contributed by atoms with Crippen LogP contribution in [0.3, 0.4) is 0 Å². The molecule has 0 radical (unpaired) electrons. The first-order valence-corrected chi connectivity index (χ1v) is 9.19. The minimum Gasteiger partial charge on any atom is -0.324 e. The Kier molecular flexibility index (Phi) is 5.16. The lowest BCUT2D eigenvalue weighted by molar-refractivity contribution is -0.117. The van der Waals surface area contributed by atoms with E-state index in [9.17, 15) is 4.79 Å². The highest BCUT2D eigenvalue weighted by atomic mass is 32.1. The molecule has 0 aliphatic rings. The molecule has 0 spiro atoms. The number of carbonyl (C=O) groups excluding carboxylic acids is 1. The summed E-state index contributed by atoms with van der Waals surface area (Å²) in [6.45, 7) is 6.43. The van der Waals surface area contributed by atoms with E-state index in [2.05, 4.69) is 18.3 Å². The first kappa shape index (κ1) is 17.6. The number of para-hydroxylation sites is 2. The molecule has 1 amide bonds. The van der Waals surface area contributed by atoms with Crippen LogP contribution in [0, 0.1) is 13.8 Å². The van der Waals surface area contributed by atoms with Gasteiger partial charge in [0.2, 0.25) is 5.91 Å². The van der Waals surface area contributed by atoms with Crippen LogP contribution >= 0.6 is 11.3 Å². The van der Waals surface area contributed by atoms with Crippen molar-refractivity contribution in [3.05, 3.63) is 58.6 Å². The molecule has 1 heterocycles. The summed E-state index contributed by atoms with van der Waals surface area (Å²) in [7, 11) is 1.96. The van der Waals surface area contributed by atoms with E-state index in [0.717, 1.165) is 27.3 Å². The molecule has 130 valence electrons. The van der Waals surface area contributed by atoms with Gasteiger partial charge in [0.25, 0.3) is 0 Å². The average molecular weight is 353 g/mol. The Morgan fingerprint density at radius 2 is 1.84 bits per heavy atom. The van der Waals surface area contributed by atoms with E-state index in [-0.39, 0.29) is 11.9 Å². The SMILES string of the molecule is Cc1cccc(C)c1NC(=O)CN(C)C(C)c1nc2ccccc2s1. The second kappa shape index (κ2) is 7.33. The molecular weight excluding hydrogens is 330 g/mol. The molecule has 2 aromatic carbocycles. The summed E-state index contributed by atoms with van der Waals surface area (Å²) in [5.74, 6) is -0.00661. The average Bonchev–Trinajstić information content (AvgIpc) is 3.01. The van der Waals surface area contributed by atoms with Gasteiger partial charge in [-0.1, -0.05) is 30.3 Å². The Bertz CT molecular complexity index is 850. The maximum absolute atomic E-state index is 12.5. The Morgan fingerprint density at radius 1 is 1.16 bits per heavy atom. The van der Waals surface area contributed by atoms with E-state index < -0.39 is 0 Å². The summed E-state index contributed by atoms with van der Waals surface area (Å²) in [4.78, 5) is 19.2. The number of rotatable bonds is 5. The summed E-state index contributed by atoms with van der Waals surface area (Å²) in [5, 5.41) is 4.08. The van der Waals surface area contributed by atoms with Crippen molar-refractivity contribution in [1.29, 1.82) is 0 Å². The van der Waals surface area contributed by atoms with Crippen molar-refractivity contribution in [2.24, 2.45) is 0 Å². The fourth-order valence-corrected chi connectivity index (χ4v) is 3.90. The van der Waals surface area contributed by atoms with Gasteiger partial charge in [-0.2, -0.15) is 0 Å². The van der Waals surface area contributed by atoms with Gasteiger partial charge in [-0.05, 0) is 51.1 Å². The Hall–Kier alpha value is -2.24. The highest BCUT2D eigenvalue weighted by molar-refractivity contribution is 7.18. The van der Waals surface area contributed by atoms with Crippen molar-refractivity contribution in [3.63, 3.8) is 0 Å². The van der Waals surface area contributed by atoms with E-state index in [1.165, 1.54) is 4.70 Å². The van der Waals surface area contributed by atoms with Crippen molar-refractivity contribution in [3.8, 4) is 0 Å². The zero-order valence-electron chi connectivity index (χ0n) is 15.0. The van der Waals surface area contributed by atoms with Crippen LogP contribution in [0.5, 0.6) is 0 Å². The van der Waals surface area contributed by atoms with Gasteiger partial charge in [-0.15, -0.1) is 11.3 Å². The minimum absolute atomic E-state index is 0.00661. The van der Waals surface area contributed by atoms with Crippen LogP contribution in [0.15, 0.2) is 42.5 Å². The maximum Gasteiger partial charge on any atom is 0.238 e. The molecule has 3 aromatic rings. The molecule has 4 nitrogen and oxygen atoms in total. The molecule has 0 fully saturated rings. The molecule has 0 saturated heterocycles. The zero-order valence-corrected chi connectivity index (χ0v) is 15.9. The Labute approximate surface area is 152 Å². The third-order valence-corrected chi connectivity index (χ3v) is 5.67. The predicted octanol–water partition coefficient (Wildman–Crippen LogP) is 4.54. The number of hydrogen-bond donors (Lipinski definition) is 1. The lowest BCUT2D eigenvalue weighted by Crippen LogP contribution is -2.32. The van der Waals surface area contributed by atoms with Gasteiger partial charge in [0.05, 0.1) is 22.8 Å². The molecule has 1 aromatic heterocycles. The third-order valence-electron chi connectivity index (χ3n) is 4.47. The van der Waals surface area contributed by atoms with Gasteiger partial charge in [0.15, 0.2) is 0 Å². The van der Waals surface area contributed by atoms with Gasteiger partial charge in [-0.25, -0.2) is 4.98 Å². The molecule has 0 bridgehead atoms. The van der Waals surface area contributed by atoms with E-state index in [0.29, 0.717) is 6.54 Å². The molecule has 1 N–H and O–H groups in total. The molecule has 0 saturated carbocycles. The van der Waals surface area contributed by atoms with Crippen molar-refractivity contribution < 1.29 is 4.79 Å². The predicted molar refractivity (Wildman–Crippen MR) is 105 cm³/mol. The number of carbonyl (C=O) groups is 1. The number of nitrogens with one attached hydrogen (secondary N) is 1. The highest BCUT2D eigenvalue weighted by Gasteiger charge is 2.19. The fraction of sp³-hybridized carbons (Fsp3) is 0.300. The lowest BCUT2D eigenvalue weighted by atomic mass is 10.1. The van der Waals surface area contributed by atoms with Crippen LogP contribution in [0.2, 0.25) is 0 Å². The van der Waals surface area contributed by atoms with Gasteiger partial charge < -0.3 is 5.32 Å². The number of benzene rings is 2. The van der Waals surface area contributed by atoms with Crippen LogP contribution in [-0.4, -0.2) is 29.4 Å². The topological polar surface area (TPSA) is 45.2 Å². The Balaban J connectivity index is 1.68.